The first kappa shape index (κ1) is 18.0. The number of hydrogen-bond donors (Lipinski definition) is 2. The van der Waals surface area contributed by atoms with Crippen LogP contribution in [0, 0.1) is 5.92 Å². The molecule has 0 unspecified atom stereocenters. The van der Waals surface area contributed by atoms with E-state index in [1.165, 1.54) is 0 Å². The Balaban J connectivity index is 2.46. The minimum atomic E-state index is -0.215. The Morgan fingerprint density at radius 3 is 2.14 bits per heavy atom. The summed E-state index contributed by atoms with van der Waals surface area (Å²) in [5.74, 6) is -0.0228. The molecule has 0 atom stereocenters. The smallest absolute Gasteiger partial charge is 0.243 e. The number of carbonyl (C=O) groups is 2. The van der Waals surface area contributed by atoms with Crippen LogP contribution in [0.2, 0.25) is 0 Å². The van der Waals surface area contributed by atoms with Crippen LogP contribution in [0.3, 0.4) is 0 Å². The SMILES string of the molecule is CCN(CC)c1ccc(NC(=O)CNC(=O)CC(C)C)cc1. The Morgan fingerprint density at radius 2 is 1.64 bits per heavy atom. The summed E-state index contributed by atoms with van der Waals surface area (Å²) in [4.78, 5) is 25.5. The van der Waals surface area contributed by atoms with Crippen LogP contribution in [0.4, 0.5) is 11.4 Å². The van der Waals surface area contributed by atoms with E-state index in [1.807, 2.05) is 38.1 Å². The number of nitrogens with one attached hydrogen (secondary N) is 2. The Labute approximate surface area is 133 Å². The van der Waals surface area contributed by atoms with Gasteiger partial charge in [-0.1, -0.05) is 13.8 Å². The predicted octanol–water partition coefficient (Wildman–Crippen LogP) is 2.63. The zero-order valence-electron chi connectivity index (χ0n) is 14.0. The van der Waals surface area contributed by atoms with Gasteiger partial charge in [0.25, 0.3) is 0 Å². The first-order chi connectivity index (χ1) is 10.5. The van der Waals surface area contributed by atoms with Crippen molar-refractivity contribution in [3.63, 3.8) is 0 Å². The molecule has 0 aliphatic carbocycles. The highest BCUT2D eigenvalue weighted by Crippen LogP contribution is 2.17. The lowest BCUT2D eigenvalue weighted by atomic mass is 10.1. The topological polar surface area (TPSA) is 61.4 Å². The van der Waals surface area contributed by atoms with E-state index in [-0.39, 0.29) is 24.3 Å². The summed E-state index contributed by atoms with van der Waals surface area (Å²) in [6.45, 7) is 10.1. The standard InChI is InChI=1S/C17H27N3O2/c1-5-20(6-2)15-9-7-14(8-10-15)19-17(22)12-18-16(21)11-13(3)4/h7-10,13H,5-6,11-12H2,1-4H3,(H,18,21)(H,19,22). The summed E-state index contributed by atoms with van der Waals surface area (Å²) < 4.78 is 0. The lowest BCUT2D eigenvalue weighted by molar-refractivity contribution is -0.124. The van der Waals surface area contributed by atoms with Gasteiger partial charge in [-0.05, 0) is 44.0 Å². The molecule has 0 heterocycles. The van der Waals surface area contributed by atoms with Gasteiger partial charge in [0.05, 0.1) is 6.54 Å². The molecule has 0 spiro atoms. The van der Waals surface area contributed by atoms with Crippen molar-refractivity contribution in [3.8, 4) is 0 Å². The number of nitrogens with zero attached hydrogens (tertiary/aromatic N) is 1. The molecule has 0 radical (unpaired) electrons. The van der Waals surface area contributed by atoms with Gasteiger partial charge in [-0.15, -0.1) is 0 Å². The monoisotopic (exact) mass is 305 g/mol. The summed E-state index contributed by atoms with van der Waals surface area (Å²) in [5, 5.41) is 5.40. The number of hydrogen-bond acceptors (Lipinski definition) is 3. The quantitative estimate of drug-likeness (QED) is 0.776. The van der Waals surface area contributed by atoms with Crippen LogP contribution in [0.5, 0.6) is 0 Å². The van der Waals surface area contributed by atoms with Crippen molar-refractivity contribution in [2.24, 2.45) is 5.92 Å². The highest BCUT2D eigenvalue weighted by Gasteiger charge is 2.08. The molecule has 0 bridgehead atoms. The van der Waals surface area contributed by atoms with Crippen molar-refractivity contribution in [1.82, 2.24) is 5.32 Å². The van der Waals surface area contributed by atoms with E-state index in [0.717, 1.165) is 24.5 Å². The first-order valence-electron chi connectivity index (χ1n) is 7.87. The maximum Gasteiger partial charge on any atom is 0.243 e. The number of carbonyl (C=O) groups excluding carboxylic acids is 2. The minimum Gasteiger partial charge on any atom is -0.372 e. The fraction of sp³-hybridized carbons (Fsp3) is 0.529. The highest BCUT2D eigenvalue weighted by atomic mass is 16.2. The van der Waals surface area contributed by atoms with Crippen molar-refractivity contribution in [3.05, 3.63) is 24.3 Å². The maximum atomic E-state index is 11.8. The molecule has 1 rings (SSSR count). The lowest BCUT2D eigenvalue weighted by Crippen LogP contribution is -2.33. The third-order valence-corrected chi connectivity index (χ3v) is 3.32. The van der Waals surface area contributed by atoms with E-state index in [1.54, 1.807) is 0 Å². The molecule has 5 heteroatoms. The number of anilines is 2. The third kappa shape index (κ3) is 6.16. The van der Waals surface area contributed by atoms with Gasteiger partial charge in [0.1, 0.15) is 0 Å². The van der Waals surface area contributed by atoms with Crippen LogP contribution in [0.15, 0.2) is 24.3 Å². The van der Waals surface area contributed by atoms with Crippen LogP contribution in [0.25, 0.3) is 0 Å². The van der Waals surface area contributed by atoms with Crippen molar-refractivity contribution in [1.29, 1.82) is 0 Å². The normalized spacial score (nSPS) is 10.4. The van der Waals surface area contributed by atoms with Crippen LogP contribution in [0.1, 0.15) is 34.1 Å². The van der Waals surface area contributed by atoms with E-state index >= 15 is 0 Å². The van der Waals surface area contributed by atoms with E-state index in [2.05, 4.69) is 29.4 Å². The first-order valence-corrected chi connectivity index (χ1v) is 7.87. The molecular formula is C17H27N3O2. The van der Waals surface area contributed by atoms with Gasteiger partial charge >= 0.3 is 0 Å². The van der Waals surface area contributed by atoms with Crippen molar-refractivity contribution < 1.29 is 9.59 Å². The van der Waals surface area contributed by atoms with Gasteiger partial charge in [-0.25, -0.2) is 0 Å². The Hall–Kier alpha value is -2.04. The predicted molar refractivity (Wildman–Crippen MR) is 91.1 cm³/mol. The van der Waals surface area contributed by atoms with Crippen LogP contribution < -0.4 is 15.5 Å². The molecule has 1 aromatic rings. The Bertz CT molecular complexity index is 479. The number of amides is 2. The average molecular weight is 305 g/mol. The van der Waals surface area contributed by atoms with Crippen LogP contribution >= 0.6 is 0 Å². The molecule has 0 fully saturated rings. The Kier molecular flexibility index (Phi) is 7.43. The second kappa shape index (κ2) is 9.07. The molecule has 0 aromatic heterocycles. The molecule has 122 valence electrons. The van der Waals surface area contributed by atoms with Crippen LogP contribution in [-0.2, 0) is 9.59 Å². The largest absolute Gasteiger partial charge is 0.372 e. The molecule has 1 aromatic carbocycles. The van der Waals surface area contributed by atoms with Gasteiger partial charge in [-0.2, -0.15) is 0 Å². The van der Waals surface area contributed by atoms with E-state index in [0.29, 0.717) is 6.42 Å². The maximum absolute atomic E-state index is 11.8. The summed E-state index contributed by atoms with van der Waals surface area (Å²) >= 11 is 0. The fourth-order valence-electron chi connectivity index (χ4n) is 2.17. The Morgan fingerprint density at radius 1 is 1.05 bits per heavy atom. The average Bonchev–Trinajstić information content (AvgIpc) is 2.47. The number of rotatable bonds is 8. The van der Waals surface area contributed by atoms with Crippen molar-refractivity contribution in [2.45, 2.75) is 34.1 Å². The van der Waals surface area contributed by atoms with E-state index in [4.69, 9.17) is 0 Å². The fourth-order valence-corrected chi connectivity index (χ4v) is 2.17. The van der Waals surface area contributed by atoms with Gasteiger partial charge in [0.2, 0.25) is 11.8 Å². The zero-order valence-corrected chi connectivity index (χ0v) is 14.0. The van der Waals surface area contributed by atoms with Gasteiger partial charge in [-0.3, -0.25) is 9.59 Å². The van der Waals surface area contributed by atoms with Crippen molar-refractivity contribution in [2.75, 3.05) is 29.9 Å². The molecule has 22 heavy (non-hydrogen) atoms. The molecule has 0 saturated carbocycles. The molecular weight excluding hydrogens is 278 g/mol. The third-order valence-electron chi connectivity index (χ3n) is 3.32. The number of benzene rings is 1. The van der Waals surface area contributed by atoms with E-state index < -0.39 is 0 Å². The van der Waals surface area contributed by atoms with Gasteiger partial charge in [0.15, 0.2) is 0 Å². The second-order valence-corrected chi connectivity index (χ2v) is 5.64. The summed E-state index contributed by atoms with van der Waals surface area (Å²) in [6.07, 6.45) is 0.436. The van der Waals surface area contributed by atoms with Crippen molar-refractivity contribution >= 4 is 23.2 Å². The zero-order chi connectivity index (χ0) is 16.5. The summed E-state index contributed by atoms with van der Waals surface area (Å²) in [7, 11) is 0. The highest BCUT2D eigenvalue weighted by molar-refractivity contribution is 5.94. The second-order valence-electron chi connectivity index (χ2n) is 5.64. The van der Waals surface area contributed by atoms with E-state index in [9.17, 15) is 9.59 Å². The minimum absolute atomic E-state index is 0.00332. The van der Waals surface area contributed by atoms with Crippen LogP contribution in [-0.4, -0.2) is 31.4 Å². The summed E-state index contributed by atoms with van der Waals surface area (Å²) in [5.41, 5.74) is 1.87. The molecule has 0 saturated heterocycles. The molecule has 0 aliphatic rings. The lowest BCUT2D eigenvalue weighted by Gasteiger charge is -2.21. The van der Waals surface area contributed by atoms with Gasteiger partial charge in [0, 0.05) is 30.9 Å². The molecule has 5 nitrogen and oxygen atoms in total. The van der Waals surface area contributed by atoms with Gasteiger partial charge < -0.3 is 15.5 Å². The molecule has 2 N–H and O–H groups in total. The summed E-state index contributed by atoms with van der Waals surface area (Å²) in [6, 6.07) is 7.73. The molecule has 2 amide bonds. The molecule has 0 aliphatic heterocycles.